The molecule has 0 unspecified atom stereocenters. The van der Waals surface area contributed by atoms with Gasteiger partial charge in [-0.3, -0.25) is 0 Å². The molecule has 0 aromatic heterocycles. The summed E-state index contributed by atoms with van der Waals surface area (Å²) in [6.45, 7) is 2.27. The lowest BCUT2D eigenvalue weighted by molar-refractivity contribution is 0.600. The molecule has 0 heterocycles. The third-order valence-corrected chi connectivity index (χ3v) is 3.01. The molecule has 0 radical (unpaired) electrons. The molecule has 0 N–H and O–H groups in total. The molecule has 0 aliphatic carbocycles. The molecule has 1 atom stereocenters. The van der Waals surface area contributed by atoms with Crippen LogP contribution in [-0.2, 0) is 0 Å². The first-order valence-electron chi connectivity index (χ1n) is 4.99. The number of rotatable bonds is 5. The molecule has 0 nitrogen and oxygen atoms in total. The Balaban J connectivity index is 2.56. The van der Waals surface area contributed by atoms with Crippen LogP contribution in [0.4, 0.5) is 0 Å². The van der Waals surface area contributed by atoms with Gasteiger partial charge in [0.25, 0.3) is 0 Å². The van der Waals surface area contributed by atoms with Gasteiger partial charge in [-0.05, 0) is 30.7 Å². The van der Waals surface area contributed by atoms with Crippen molar-refractivity contribution in [3.63, 3.8) is 0 Å². The summed E-state index contributed by atoms with van der Waals surface area (Å²) >= 11 is 3.48. The largest absolute Gasteiger partial charge is 0.0928 e. The van der Waals surface area contributed by atoms with Gasteiger partial charge >= 0.3 is 0 Å². The number of hydrogen-bond donors (Lipinski definition) is 0. The third-order valence-electron chi connectivity index (χ3n) is 2.45. The Morgan fingerprint density at radius 3 is 2.46 bits per heavy atom. The normalized spacial score (nSPS) is 12.8. The van der Waals surface area contributed by atoms with Crippen LogP contribution >= 0.6 is 15.9 Å². The van der Waals surface area contributed by atoms with E-state index in [0.29, 0.717) is 0 Å². The van der Waals surface area contributed by atoms with Crippen LogP contribution in [-0.4, -0.2) is 5.33 Å². The zero-order chi connectivity index (χ0) is 9.52. The second-order valence-electron chi connectivity index (χ2n) is 3.35. The molecule has 0 spiro atoms. The van der Waals surface area contributed by atoms with Crippen molar-refractivity contribution in [2.45, 2.75) is 32.1 Å². The molecule has 0 saturated heterocycles. The highest BCUT2D eigenvalue weighted by atomic mass is 79.9. The van der Waals surface area contributed by atoms with Gasteiger partial charge < -0.3 is 0 Å². The van der Waals surface area contributed by atoms with Gasteiger partial charge in [-0.1, -0.05) is 53.2 Å². The summed E-state index contributed by atoms with van der Waals surface area (Å²) in [6.07, 6.45) is 3.82. The monoisotopic (exact) mass is 240 g/mol. The first kappa shape index (κ1) is 10.8. The molecular weight excluding hydrogens is 224 g/mol. The third kappa shape index (κ3) is 3.51. The molecule has 0 fully saturated rings. The highest BCUT2D eigenvalue weighted by Crippen LogP contribution is 2.24. The maximum atomic E-state index is 3.48. The second-order valence-corrected chi connectivity index (χ2v) is 4.14. The van der Waals surface area contributed by atoms with Crippen LogP contribution < -0.4 is 0 Å². The Kier molecular flexibility index (Phi) is 5.14. The maximum absolute atomic E-state index is 3.48. The lowest BCUT2D eigenvalue weighted by Gasteiger charge is -2.13. The predicted octanol–water partition coefficient (Wildman–Crippen LogP) is 4.36. The van der Waals surface area contributed by atoms with Crippen LogP contribution in [0.15, 0.2) is 30.3 Å². The van der Waals surface area contributed by atoms with E-state index in [2.05, 4.69) is 53.2 Å². The van der Waals surface area contributed by atoms with Gasteiger partial charge in [0, 0.05) is 5.33 Å². The van der Waals surface area contributed by atoms with E-state index in [-0.39, 0.29) is 0 Å². The van der Waals surface area contributed by atoms with E-state index in [4.69, 9.17) is 0 Å². The van der Waals surface area contributed by atoms with E-state index in [0.717, 1.165) is 11.2 Å². The number of benzene rings is 1. The van der Waals surface area contributed by atoms with Crippen LogP contribution in [0, 0.1) is 0 Å². The smallest absolute Gasteiger partial charge is 0.00315 e. The van der Waals surface area contributed by atoms with Gasteiger partial charge in [0.15, 0.2) is 0 Å². The van der Waals surface area contributed by atoms with Crippen molar-refractivity contribution in [1.82, 2.24) is 0 Å². The molecule has 0 saturated carbocycles. The van der Waals surface area contributed by atoms with Crippen LogP contribution in [0.25, 0.3) is 0 Å². The van der Waals surface area contributed by atoms with Crippen molar-refractivity contribution in [3.05, 3.63) is 35.9 Å². The summed E-state index contributed by atoms with van der Waals surface area (Å²) in [5, 5.41) is 1.12. The fourth-order valence-electron chi connectivity index (χ4n) is 1.66. The predicted molar refractivity (Wildman–Crippen MR) is 62.5 cm³/mol. The first-order valence-corrected chi connectivity index (χ1v) is 6.11. The Hall–Kier alpha value is -0.300. The quantitative estimate of drug-likeness (QED) is 0.672. The van der Waals surface area contributed by atoms with Gasteiger partial charge in [0.05, 0.1) is 0 Å². The van der Waals surface area contributed by atoms with Gasteiger partial charge in [0.2, 0.25) is 0 Å². The van der Waals surface area contributed by atoms with Gasteiger partial charge in [0.1, 0.15) is 0 Å². The summed E-state index contributed by atoms with van der Waals surface area (Å²) in [5.74, 6) is 0.749. The van der Waals surface area contributed by atoms with E-state index >= 15 is 0 Å². The summed E-state index contributed by atoms with van der Waals surface area (Å²) < 4.78 is 0. The molecule has 0 amide bonds. The van der Waals surface area contributed by atoms with Crippen LogP contribution in [0.2, 0.25) is 0 Å². The SMILES string of the molecule is CC[C@@H](CCCBr)c1ccccc1. The van der Waals surface area contributed by atoms with Crippen molar-refractivity contribution >= 4 is 15.9 Å². The minimum absolute atomic E-state index is 0.749. The fraction of sp³-hybridized carbons (Fsp3) is 0.500. The lowest BCUT2D eigenvalue weighted by atomic mass is 9.92. The Morgan fingerprint density at radius 1 is 1.23 bits per heavy atom. The molecule has 1 aromatic rings. The van der Waals surface area contributed by atoms with E-state index < -0.39 is 0 Å². The topological polar surface area (TPSA) is 0 Å². The van der Waals surface area contributed by atoms with Crippen LogP contribution in [0.1, 0.15) is 37.7 Å². The molecular formula is C12H17Br. The van der Waals surface area contributed by atoms with E-state index in [1.165, 1.54) is 24.8 Å². The van der Waals surface area contributed by atoms with Gasteiger partial charge in [-0.15, -0.1) is 0 Å². The van der Waals surface area contributed by atoms with E-state index in [9.17, 15) is 0 Å². The standard InChI is InChI=1S/C12H17Br/c1-2-11(9-6-10-13)12-7-4-3-5-8-12/h3-5,7-8,11H,2,6,9-10H2,1H3/t11-/m0/s1. The minimum Gasteiger partial charge on any atom is -0.0928 e. The Bertz CT molecular complexity index is 218. The zero-order valence-corrected chi connectivity index (χ0v) is 9.76. The average molecular weight is 241 g/mol. The summed E-state index contributed by atoms with van der Waals surface area (Å²) in [4.78, 5) is 0. The molecule has 13 heavy (non-hydrogen) atoms. The molecule has 0 bridgehead atoms. The fourth-order valence-corrected chi connectivity index (χ4v) is 1.98. The van der Waals surface area contributed by atoms with Crippen molar-refractivity contribution in [2.75, 3.05) is 5.33 Å². The number of halogens is 1. The Labute approximate surface area is 89.5 Å². The molecule has 1 heteroatoms. The second kappa shape index (κ2) is 6.20. The van der Waals surface area contributed by atoms with Crippen molar-refractivity contribution < 1.29 is 0 Å². The number of hydrogen-bond acceptors (Lipinski definition) is 0. The van der Waals surface area contributed by atoms with E-state index in [1.807, 2.05) is 0 Å². The highest BCUT2D eigenvalue weighted by Gasteiger charge is 2.07. The van der Waals surface area contributed by atoms with Gasteiger partial charge in [-0.25, -0.2) is 0 Å². The van der Waals surface area contributed by atoms with Crippen LogP contribution in [0.5, 0.6) is 0 Å². The van der Waals surface area contributed by atoms with Crippen molar-refractivity contribution in [2.24, 2.45) is 0 Å². The highest BCUT2D eigenvalue weighted by molar-refractivity contribution is 9.09. The first-order chi connectivity index (χ1) is 6.38. The van der Waals surface area contributed by atoms with Crippen LogP contribution in [0.3, 0.4) is 0 Å². The summed E-state index contributed by atoms with van der Waals surface area (Å²) in [7, 11) is 0. The van der Waals surface area contributed by atoms with Gasteiger partial charge in [-0.2, -0.15) is 0 Å². The molecule has 1 rings (SSSR count). The average Bonchev–Trinajstić information content (AvgIpc) is 2.21. The maximum Gasteiger partial charge on any atom is 0.00315 e. The van der Waals surface area contributed by atoms with E-state index in [1.54, 1.807) is 0 Å². The minimum atomic E-state index is 0.749. The lowest BCUT2D eigenvalue weighted by Crippen LogP contribution is -1.97. The molecule has 0 aliphatic heterocycles. The van der Waals surface area contributed by atoms with Crippen molar-refractivity contribution in [3.8, 4) is 0 Å². The molecule has 72 valence electrons. The van der Waals surface area contributed by atoms with Crippen molar-refractivity contribution in [1.29, 1.82) is 0 Å². The number of alkyl halides is 1. The summed E-state index contributed by atoms with van der Waals surface area (Å²) in [6, 6.07) is 10.8. The Morgan fingerprint density at radius 2 is 1.92 bits per heavy atom. The summed E-state index contributed by atoms with van der Waals surface area (Å²) in [5.41, 5.74) is 1.49. The molecule has 0 aliphatic rings. The zero-order valence-electron chi connectivity index (χ0n) is 8.17. The molecule has 1 aromatic carbocycles.